The average Bonchev–Trinajstić information content (AvgIpc) is 2.92. The number of rotatable bonds is 19. The van der Waals surface area contributed by atoms with Crippen molar-refractivity contribution >= 4 is 17.7 Å². The van der Waals surface area contributed by atoms with Gasteiger partial charge in [-0.3, -0.25) is 19.4 Å². The molecule has 1 aromatic heterocycles. The third-order valence-corrected chi connectivity index (χ3v) is 5.03. The molecule has 37 heavy (non-hydrogen) atoms. The summed E-state index contributed by atoms with van der Waals surface area (Å²) in [6.45, 7) is 2.67. The van der Waals surface area contributed by atoms with Gasteiger partial charge in [-0.25, -0.2) is 0 Å². The molecule has 0 aromatic carbocycles. The minimum atomic E-state index is -0.357. The minimum absolute atomic E-state index is 0.0357. The SMILES string of the molecule is CCC=CCC=CCC=CCC=CCC=CCCCC(=O)NCCNC(=O)CNC(=O)c1cccnc1. The maximum Gasteiger partial charge on any atom is 0.253 e. The topological polar surface area (TPSA) is 100 Å². The molecule has 0 radical (unpaired) electrons. The quantitative estimate of drug-likeness (QED) is 0.182. The van der Waals surface area contributed by atoms with Crippen LogP contribution in [0.15, 0.2) is 85.3 Å². The lowest BCUT2D eigenvalue weighted by Crippen LogP contribution is -2.40. The van der Waals surface area contributed by atoms with Gasteiger partial charge in [-0.1, -0.05) is 67.7 Å². The zero-order valence-corrected chi connectivity index (χ0v) is 22.0. The van der Waals surface area contributed by atoms with E-state index in [4.69, 9.17) is 0 Å². The Balaban J connectivity index is 1.95. The maximum absolute atomic E-state index is 11.9. The van der Waals surface area contributed by atoms with E-state index in [-0.39, 0.29) is 24.3 Å². The lowest BCUT2D eigenvalue weighted by molar-refractivity contribution is -0.122. The summed E-state index contributed by atoms with van der Waals surface area (Å²) < 4.78 is 0. The van der Waals surface area contributed by atoms with Crippen LogP contribution < -0.4 is 16.0 Å². The van der Waals surface area contributed by atoms with Gasteiger partial charge in [0.05, 0.1) is 12.1 Å². The van der Waals surface area contributed by atoms with E-state index < -0.39 is 0 Å². The first-order valence-corrected chi connectivity index (χ1v) is 13.1. The fourth-order valence-electron chi connectivity index (χ4n) is 3.06. The second-order valence-corrected chi connectivity index (χ2v) is 8.22. The fourth-order valence-corrected chi connectivity index (χ4v) is 3.06. The largest absolute Gasteiger partial charge is 0.354 e. The van der Waals surface area contributed by atoms with Crippen molar-refractivity contribution in [3.05, 3.63) is 90.9 Å². The fraction of sp³-hybridized carbons (Fsp3) is 0.400. The molecule has 1 aromatic rings. The van der Waals surface area contributed by atoms with Crippen molar-refractivity contribution in [3.63, 3.8) is 0 Å². The summed E-state index contributed by atoms with van der Waals surface area (Å²) in [5.41, 5.74) is 0.396. The third kappa shape index (κ3) is 19.2. The van der Waals surface area contributed by atoms with E-state index in [9.17, 15) is 14.4 Å². The summed E-state index contributed by atoms with van der Waals surface area (Å²) in [5.74, 6) is -0.708. The molecule has 200 valence electrons. The average molecular weight is 507 g/mol. The smallest absolute Gasteiger partial charge is 0.253 e. The normalized spacial score (nSPS) is 11.8. The molecule has 7 nitrogen and oxygen atoms in total. The lowest BCUT2D eigenvalue weighted by atomic mass is 10.2. The summed E-state index contributed by atoms with van der Waals surface area (Å²) in [6, 6.07) is 3.28. The summed E-state index contributed by atoms with van der Waals surface area (Å²) in [5, 5.41) is 7.97. The van der Waals surface area contributed by atoms with E-state index in [1.54, 1.807) is 18.3 Å². The molecular formula is C30H42N4O3. The van der Waals surface area contributed by atoms with Crippen molar-refractivity contribution in [2.24, 2.45) is 0 Å². The minimum Gasteiger partial charge on any atom is -0.354 e. The number of pyridine rings is 1. The monoisotopic (exact) mass is 506 g/mol. The van der Waals surface area contributed by atoms with Crippen LogP contribution in [-0.2, 0) is 9.59 Å². The Morgan fingerprint density at radius 2 is 1.32 bits per heavy atom. The number of nitrogens with zero attached hydrogens (tertiary/aromatic N) is 1. The van der Waals surface area contributed by atoms with Crippen molar-refractivity contribution in [1.29, 1.82) is 0 Å². The number of amides is 3. The molecule has 3 amide bonds. The summed E-state index contributed by atoms with van der Waals surface area (Å²) in [7, 11) is 0. The van der Waals surface area contributed by atoms with Crippen LogP contribution in [0, 0.1) is 0 Å². The Morgan fingerprint density at radius 3 is 1.89 bits per heavy atom. The Hall–Kier alpha value is -3.74. The van der Waals surface area contributed by atoms with Gasteiger partial charge in [0, 0.05) is 31.9 Å². The first-order valence-electron chi connectivity index (χ1n) is 13.1. The van der Waals surface area contributed by atoms with E-state index >= 15 is 0 Å². The van der Waals surface area contributed by atoms with Crippen LogP contribution in [0.5, 0.6) is 0 Å². The predicted octanol–water partition coefficient (Wildman–Crippen LogP) is 4.97. The lowest BCUT2D eigenvalue weighted by Gasteiger charge is -2.08. The molecule has 1 rings (SSSR count). The van der Waals surface area contributed by atoms with Crippen molar-refractivity contribution in [1.82, 2.24) is 20.9 Å². The first-order chi connectivity index (χ1) is 18.1. The molecule has 0 spiro atoms. The summed E-state index contributed by atoms with van der Waals surface area (Å²) in [6.07, 6.45) is 31.7. The second-order valence-electron chi connectivity index (χ2n) is 8.22. The predicted molar refractivity (Wildman–Crippen MR) is 151 cm³/mol. The van der Waals surface area contributed by atoms with Crippen LogP contribution in [0.2, 0.25) is 0 Å². The Morgan fingerprint density at radius 1 is 0.757 bits per heavy atom. The molecule has 0 fully saturated rings. The highest BCUT2D eigenvalue weighted by Crippen LogP contribution is 1.99. The molecule has 0 saturated heterocycles. The number of hydrogen-bond donors (Lipinski definition) is 3. The number of hydrogen-bond acceptors (Lipinski definition) is 4. The van der Waals surface area contributed by atoms with Gasteiger partial charge in [-0.2, -0.15) is 0 Å². The van der Waals surface area contributed by atoms with Crippen LogP contribution in [0.4, 0.5) is 0 Å². The molecule has 3 N–H and O–H groups in total. The second kappa shape index (κ2) is 22.7. The van der Waals surface area contributed by atoms with Gasteiger partial charge in [0.2, 0.25) is 11.8 Å². The highest BCUT2D eigenvalue weighted by Gasteiger charge is 2.07. The van der Waals surface area contributed by atoms with Crippen molar-refractivity contribution in [2.75, 3.05) is 19.6 Å². The zero-order chi connectivity index (χ0) is 26.8. The number of carbonyl (C=O) groups is 3. The van der Waals surface area contributed by atoms with Crippen LogP contribution in [0.1, 0.15) is 68.6 Å². The Bertz CT molecular complexity index is 918. The van der Waals surface area contributed by atoms with Crippen LogP contribution in [-0.4, -0.2) is 42.3 Å². The number of allylic oxidation sites excluding steroid dienone is 10. The van der Waals surface area contributed by atoms with Gasteiger partial charge in [0.1, 0.15) is 0 Å². The van der Waals surface area contributed by atoms with Gasteiger partial charge in [0.15, 0.2) is 0 Å². The molecule has 1 heterocycles. The molecule has 0 bridgehead atoms. The van der Waals surface area contributed by atoms with E-state index in [2.05, 4.69) is 88.6 Å². The zero-order valence-electron chi connectivity index (χ0n) is 22.0. The standard InChI is InChI=1S/C30H42N4O3/c1-2-3-4-5-6-7-8-9-10-11-12-13-14-15-16-17-18-21-28(35)32-23-24-33-29(36)26-34-30(37)27-20-19-22-31-25-27/h3-4,6-7,9-10,12-13,15-16,19-20,22,25H,2,5,8,11,14,17-18,21,23-24,26H2,1H3,(H,32,35)(H,33,36)(H,34,37). The molecule has 0 aliphatic heterocycles. The van der Waals surface area contributed by atoms with E-state index in [0.29, 0.717) is 25.1 Å². The third-order valence-electron chi connectivity index (χ3n) is 5.03. The van der Waals surface area contributed by atoms with Gasteiger partial charge >= 0.3 is 0 Å². The first kappa shape index (κ1) is 31.3. The number of carbonyl (C=O) groups excluding carboxylic acids is 3. The summed E-state index contributed by atoms with van der Waals surface area (Å²) in [4.78, 5) is 39.4. The number of unbranched alkanes of at least 4 members (excludes halogenated alkanes) is 1. The molecule has 0 aliphatic rings. The molecule has 0 atom stereocenters. The number of nitrogens with one attached hydrogen (secondary N) is 3. The Labute approximate surface area is 221 Å². The molecule has 7 heteroatoms. The number of aromatic nitrogens is 1. The maximum atomic E-state index is 11.9. The highest BCUT2D eigenvalue weighted by molar-refractivity contribution is 5.96. The van der Waals surface area contributed by atoms with Gasteiger partial charge < -0.3 is 16.0 Å². The van der Waals surface area contributed by atoms with E-state index in [0.717, 1.165) is 44.9 Å². The van der Waals surface area contributed by atoms with Gasteiger partial charge in [-0.05, 0) is 57.1 Å². The van der Waals surface area contributed by atoms with E-state index in [1.165, 1.54) is 6.20 Å². The van der Waals surface area contributed by atoms with Crippen LogP contribution in [0.25, 0.3) is 0 Å². The molecule has 0 aliphatic carbocycles. The van der Waals surface area contributed by atoms with Gasteiger partial charge in [0.25, 0.3) is 5.91 Å². The van der Waals surface area contributed by atoms with Crippen molar-refractivity contribution < 1.29 is 14.4 Å². The van der Waals surface area contributed by atoms with E-state index in [1.807, 2.05) is 0 Å². The van der Waals surface area contributed by atoms with Crippen LogP contribution >= 0.6 is 0 Å². The molecule has 0 saturated carbocycles. The van der Waals surface area contributed by atoms with Crippen molar-refractivity contribution in [3.8, 4) is 0 Å². The Kier molecular flexibility index (Phi) is 19.2. The summed E-state index contributed by atoms with van der Waals surface area (Å²) >= 11 is 0. The van der Waals surface area contributed by atoms with Crippen molar-refractivity contribution in [2.45, 2.75) is 58.3 Å². The molecule has 0 unspecified atom stereocenters. The van der Waals surface area contributed by atoms with Crippen LogP contribution in [0.3, 0.4) is 0 Å². The molecular weight excluding hydrogens is 464 g/mol. The highest BCUT2D eigenvalue weighted by atomic mass is 16.2. The van der Waals surface area contributed by atoms with Gasteiger partial charge in [-0.15, -0.1) is 0 Å².